The van der Waals surface area contributed by atoms with Crippen molar-refractivity contribution in [3.05, 3.63) is 48.0 Å². The third-order valence-corrected chi connectivity index (χ3v) is 6.16. The summed E-state index contributed by atoms with van der Waals surface area (Å²) >= 11 is 1.73. The molecule has 0 unspecified atom stereocenters. The molecule has 156 valence electrons. The van der Waals surface area contributed by atoms with Crippen LogP contribution in [0.5, 0.6) is 0 Å². The molecule has 5 heteroatoms. The third kappa shape index (κ3) is 6.01. The maximum Gasteiger partial charge on any atom is 0.124 e. The number of aryl methyl sites for hydroxylation is 1. The number of benzene rings is 2. The summed E-state index contributed by atoms with van der Waals surface area (Å²) in [4.78, 5) is 4.77. The Labute approximate surface area is 178 Å². The van der Waals surface area contributed by atoms with Gasteiger partial charge in [-0.05, 0) is 89.4 Å². The minimum Gasteiger partial charge on any atom is -0.396 e. The zero-order chi connectivity index (χ0) is 21.1. The Hall–Kier alpha value is -1.95. The number of rotatable bonds is 9. The first-order valence-corrected chi connectivity index (χ1v) is 11.0. The minimum absolute atomic E-state index is 0.0931. The topological polar surface area (TPSA) is 54.4 Å². The lowest BCUT2D eigenvalue weighted by Crippen LogP contribution is -2.34. The molecule has 2 N–H and O–H groups in total. The van der Waals surface area contributed by atoms with Crippen LogP contribution in [0.3, 0.4) is 0 Å². The first-order chi connectivity index (χ1) is 13.7. The predicted molar refractivity (Wildman–Crippen MR) is 124 cm³/mol. The summed E-state index contributed by atoms with van der Waals surface area (Å²) in [5.74, 6) is 0. The van der Waals surface area contributed by atoms with Crippen molar-refractivity contribution < 1.29 is 9.84 Å². The molecule has 0 radical (unpaired) electrons. The van der Waals surface area contributed by atoms with E-state index in [0.29, 0.717) is 13.0 Å². The Balaban J connectivity index is 1.61. The van der Waals surface area contributed by atoms with Gasteiger partial charge in [0, 0.05) is 30.0 Å². The van der Waals surface area contributed by atoms with Crippen molar-refractivity contribution in [2.45, 2.75) is 58.6 Å². The molecule has 0 aliphatic heterocycles. The maximum atomic E-state index is 9.12. The smallest absolute Gasteiger partial charge is 0.124 e. The highest BCUT2D eigenvalue weighted by atomic mass is 32.1. The van der Waals surface area contributed by atoms with Crippen LogP contribution in [-0.4, -0.2) is 34.4 Å². The van der Waals surface area contributed by atoms with Gasteiger partial charge in [-0.3, -0.25) is 0 Å². The Bertz CT molecular complexity index is 945. The second-order valence-corrected chi connectivity index (χ2v) is 9.94. The summed E-state index contributed by atoms with van der Waals surface area (Å²) < 4.78 is 7.18. The molecule has 0 spiro atoms. The Morgan fingerprint density at radius 2 is 1.76 bits per heavy atom. The number of fused-ring (bicyclic) bond motifs is 1. The van der Waals surface area contributed by atoms with Crippen LogP contribution < -0.4 is 5.32 Å². The molecule has 0 aliphatic carbocycles. The fraction of sp³-hybridized carbons (Fsp3) is 0.458. The van der Waals surface area contributed by atoms with E-state index in [-0.39, 0.29) is 17.7 Å². The highest BCUT2D eigenvalue weighted by molar-refractivity contribution is 7.21. The minimum atomic E-state index is -0.289. The van der Waals surface area contributed by atoms with Gasteiger partial charge in [-0.1, -0.05) is 6.07 Å². The number of nitrogens with one attached hydrogen (secondary N) is 1. The van der Waals surface area contributed by atoms with Crippen LogP contribution in [0.25, 0.3) is 20.8 Å². The molecule has 1 heterocycles. The van der Waals surface area contributed by atoms with Crippen LogP contribution >= 0.6 is 11.3 Å². The van der Waals surface area contributed by atoms with E-state index in [1.165, 1.54) is 10.3 Å². The van der Waals surface area contributed by atoms with Gasteiger partial charge in [0.15, 0.2) is 0 Å². The van der Waals surface area contributed by atoms with Gasteiger partial charge in [-0.15, -0.1) is 11.3 Å². The van der Waals surface area contributed by atoms with Gasteiger partial charge < -0.3 is 15.2 Å². The van der Waals surface area contributed by atoms with Crippen LogP contribution in [0.15, 0.2) is 42.5 Å². The third-order valence-electron chi connectivity index (χ3n) is 5.09. The summed E-state index contributed by atoms with van der Waals surface area (Å²) in [6.45, 7) is 11.3. The van der Waals surface area contributed by atoms with Gasteiger partial charge in [-0.25, -0.2) is 4.98 Å². The number of aromatic nitrogens is 1. The van der Waals surface area contributed by atoms with Crippen LogP contribution in [-0.2, 0) is 4.74 Å². The van der Waals surface area contributed by atoms with Gasteiger partial charge in [-0.2, -0.15) is 0 Å². The van der Waals surface area contributed by atoms with Crippen molar-refractivity contribution in [1.29, 1.82) is 0 Å². The lowest BCUT2D eigenvalue weighted by atomic mass is 10.00. The number of thiazole rings is 1. The molecule has 3 aromatic rings. The molecule has 0 saturated heterocycles. The van der Waals surface area contributed by atoms with Crippen molar-refractivity contribution in [2.75, 3.05) is 18.5 Å². The van der Waals surface area contributed by atoms with Crippen molar-refractivity contribution in [2.24, 2.45) is 0 Å². The number of aliphatic hydroxyl groups is 1. The van der Waals surface area contributed by atoms with E-state index in [1.54, 1.807) is 11.3 Å². The molecule has 3 rings (SSSR count). The molecule has 0 aliphatic rings. The lowest BCUT2D eigenvalue weighted by molar-refractivity contribution is -0.0369. The average Bonchev–Trinajstić information content (AvgIpc) is 3.04. The zero-order valence-corrected chi connectivity index (χ0v) is 18.9. The van der Waals surface area contributed by atoms with Crippen molar-refractivity contribution in [3.8, 4) is 10.6 Å². The Morgan fingerprint density at radius 1 is 1.03 bits per heavy atom. The Morgan fingerprint density at radius 3 is 2.45 bits per heavy atom. The molecule has 0 saturated carbocycles. The van der Waals surface area contributed by atoms with E-state index in [1.807, 2.05) is 13.8 Å². The van der Waals surface area contributed by atoms with Gasteiger partial charge in [0.1, 0.15) is 5.01 Å². The first-order valence-electron chi connectivity index (χ1n) is 10.2. The summed E-state index contributed by atoms with van der Waals surface area (Å²) in [7, 11) is 0. The molecule has 2 aromatic carbocycles. The van der Waals surface area contributed by atoms with Crippen LogP contribution in [0.2, 0.25) is 0 Å². The largest absolute Gasteiger partial charge is 0.396 e. The van der Waals surface area contributed by atoms with Crippen LogP contribution in [0.4, 0.5) is 5.69 Å². The van der Waals surface area contributed by atoms with Crippen molar-refractivity contribution in [3.63, 3.8) is 0 Å². The number of aliphatic hydroxyl groups excluding tert-OH is 1. The second-order valence-electron chi connectivity index (χ2n) is 8.91. The van der Waals surface area contributed by atoms with E-state index in [9.17, 15) is 0 Å². The van der Waals surface area contributed by atoms with Gasteiger partial charge in [0.25, 0.3) is 0 Å². The predicted octanol–water partition coefficient (Wildman–Crippen LogP) is 6.03. The summed E-state index contributed by atoms with van der Waals surface area (Å²) in [6, 6.07) is 14.9. The fourth-order valence-corrected chi connectivity index (χ4v) is 4.30. The number of anilines is 1. The molecular formula is C24H32N2O2S. The number of ether oxygens (including phenoxy) is 1. The summed E-state index contributed by atoms with van der Waals surface area (Å²) in [5, 5.41) is 13.8. The quantitative estimate of drug-likeness (QED) is 0.450. The van der Waals surface area contributed by atoms with Gasteiger partial charge in [0.2, 0.25) is 0 Å². The van der Waals surface area contributed by atoms with E-state index in [2.05, 4.69) is 68.6 Å². The maximum absolute atomic E-state index is 9.12. The highest BCUT2D eigenvalue weighted by Crippen LogP contribution is 2.31. The number of hydrogen-bond donors (Lipinski definition) is 2. The van der Waals surface area contributed by atoms with Gasteiger partial charge >= 0.3 is 0 Å². The number of hydrogen-bond acceptors (Lipinski definition) is 5. The fourth-order valence-electron chi connectivity index (χ4n) is 3.23. The molecule has 0 bridgehead atoms. The summed E-state index contributed by atoms with van der Waals surface area (Å²) in [5.41, 5.74) is 4.17. The van der Waals surface area contributed by atoms with Crippen LogP contribution in [0.1, 0.15) is 46.1 Å². The molecule has 0 atom stereocenters. The SMILES string of the molecule is Cc1ccc2nc(-c3ccc(NC(C)(C)CCOC(C)(C)CCO)cc3)sc2c1. The Kier molecular flexibility index (Phi) is 6.62. The summed E-state index contributed by atoms with van der Waals surface area (Å²) in [6.07, 6.45) is 1.52. The molecule has 29 heavy (non-hydrogen) atoms. The van der Waals surface area contributed by atoms with E-state index >= 15 is 0 Å². The average molecular weight is 413 g/mol. The van der Waals surface area contributed by atoms with Crippen LogP contribution in [0, 0.1) is 6.92 Å². The second kappa shape index (κ2) is 8.82. The molecule has 1 aromatic heterocycles. The van der Waals surface area contributed by atoms with E-state index in [4.69, 9.17) is 14.8 Å². The highest BCUT2D eigenvalue weighted by Gasteiger charge is 2.22. The van der Waals surface area contributed by atoms with Gasteiger partial charge in [0.05, 0.1) is 15.8 Å². The molecular weight excluding hydrogens is 380 g/mol. The van der Waals surface area contributed by atoms with Crippen molar-refractivity contribution >= 4 is 27.2 Å². The zero-order valence-electron chi connectivity index (χ0n) is 18.1. The lowest BCUT2D eigenvalue weighted by Gasteiger charge is -2.30. The molecule has 0 amide bonds. The first kappa shape index (κ1) is 21.8. The monoisotopic (exact) mass is 412 g/mol. The molecule has 4 nitrogen and oxygen atoms in total. The molecule has 0 fully saturated rings. The normalized spacial score (nSPS) is 12.5. The standard InChI is InChI=1S/C24H32N2O2S/c1-17-6-11-20-21(16-17)29-22(25-20)18-7-9-19(10-8-18)26-23(2,3)13-15-28-24(4,5)12-14-27/h6-11,16,26-27H,12-15H2,1-5H3. The number of nitrogens with zero attached hydrogens (tertiary/aromatic N) is 1. The van der Waals surface area contributed by atoms with Crippen molar-refractivity contribution in [1.82, 2.24) is 4.98 Å². The van der Waals surface area contributed by atoms with E-state index in [0.717, 1.165) is 28.2 Å². The van der Waals surface area contributed by atoms with E-state index < -0.39 is 0 Å².